The molecule has 0 heterocycles. The van der Waals surface area contributed by atoms with Gasteiger partial charge in [0.05, 0.1) is 0 Å². The van der Waals surface area contributed by atoms with Crippen molar-refractivity contribution in [3.05, 3.63) is 30.3 Å². The number of benzene rings is 1. The molecule has 0 unspecified atom stereocenters. The van der Waals surface area contributed by atoms with E-state index >= 15 is 0 Å². The third kappa shape index (κ3) is 22.2. The second-order valence-corrected chi connectivity index (χ2v) is 18.7. The maximum absolute atomic E-state index is 7.18. The van der Waals surface area contributed by atoms with E-state index in [1.54, 1.807) is 0 Å². The van der Waals surface area contributed by atoms with Crippen molar-refractivity contribution >= 4 is 22.8 Å². The van der Waals surface area contributed by atoms with Gasteiger partial charge in [0.25, 0.3) is 0 Å². The van der Waals surface area contributed by atoms with E-state index in [0.717, 1.165) is 30.9 Å². The van der Waals surface area contributed by atoms with Crippen LogP contribution < -0.4 is 5.19 Å². The highest BCUT2D eigenvalue weighted by Gasteiger charge is 2.53. The second kappa shape index (κ2) is 30.5. The zero-order chi connectivity index (χ0) is 33.4. The molecule has 0 saturated carbocycles. The second-order valence-electron chi connectivity index (χ2n) is 13.4. The first-order valence-electron chi connectivity index (χ1n) is 19.9. The molecule has 0 radical (unpaired) electrons. The minimum absolute atomic E-state index is 0.642. The fourth-order valence-electron chi connectivity index (χ4n) is 5.77. The molecule has 0 atom stereocenters. The quantitative estimate of drug-likeness (QED) is 0.0527. The van der Waals surface area contributed by atoms with E-state index in [1.807, 2.05) is 0 Å². The van der Waals surface area contributed by atoms with Crippen molar-refractivity contribution in [2.75, 3.05) is 26.4 Å². The molecular weight excluding hydrogens is 605 g/mol. The SMILES string of the molecule is CCCCCCCCO[Si](C)(OCCCCCCCC)O[Si](OCCCCCCCC)(OCCCCCCCC)c1ccccc1. The highest BCUT2D eigenvalue weighted by molar-refractivity contribution is 6.83. The lowest BCUT2D eigenvalue weighted by molar-refractivity contribution is 0.0501. The molecule has 7 heteroatoms. The van der Waals surface area contributed by atoms with Crippen molar-refractivity contribution in [2.24, 2.45) is 0 Å². The Morgan fingerprint density at radius 1 is 0.391 bits per heavy atom. The molecule has 0 N–H and O–H groups in total. The molecule has 270 valence electrons. The number of hydrogen-bond acceptors (Lipinski definition) is 5. The Hall–Kier alpha value is -0.546. The summed E-state index contributed by atoms with van der Waals surface area (Å²) < 4.78 is 34.3. The standard InChI is InChI=1S/C39H76O5Si2/c1-6-10-14-18-22-29-35-40-45(5,41-36-30-23-19-15-11-7-2)44-46(39-33-27-26-28-34-39,42-37-31-24-20-16-12-8-3)43-38-32-25-21-17-13-9-4/h26-28,33-34H,6-25,29-32,35-38H2,1-5H3. The molecule has 1 aromatic carbocycles. The Morgan fingerprint density at radius 3 is 1.04 bits per heavy atom. The summed E-state index contributed by atoms with van der Waals surface area (Å²) in [6, 6.07) is 10.5. The summed E-state index contributed by atoms with van der Waals surface area (Å²) in [6.07, 6.45) is 29.4. The number of rotatable bonds is 35. The van der Waals surface area contributed by atoms with E-state index in [-0.39, 0.29) is 0 Å². The van der Waals surface area contributed by atoms with Crippen molar-refractivity contribution in [2.45, 2.75) is 188 Å². The van der Waals surface area contributed by atoms with Crippen LogP contribution in [0.25, 0.3) is 0 Å². The van der Waals surface area contributed by atoms with Crippen molar-refractivity contribution < 1.29 is 21.8 Å². The highest BCUT2D eigenvalue weighted by atomic mass is 28.5. The molecule has 1 rings (SSSR count). The van der Waals surface area contributed by atoms with Crippen molar-refractivity contribution in [1.82, 2.24) is 0 Å². The highest BCUT2D eigenvalue weighted by Crippen LogP contribution is 2.23. The molecule has 0 aliphatic rings. The Morgan fingerprint density at radius 2 is 0.696 bits per heavy atom. The van der Waals surface area contributed by atoms with Crippen LogP contribution in [0.5, 0.6) is 0 Å². The van der Waals surface area contributed by atoms with Gasteiger partial charge in [-0.1, -0.05) is 186 Å². The van der Waals surface area contributed by atoms with Gasteiger partial charge >= 0.3 is 17.6 Å². The van der Waals surface area contributed by atoms with Crippen molar-refractivity contribution in [3.63, 3.8) is 0 Å². The lowest BCUT2D eigenvalue weighted by Gasteiger charge is -2.37. The molecule has 5 nitrogen and oxygen atoms in total. The summed E-state index contributed by atoms with van der Waals surface area (Å²) in [6.45, 7) is 13.8. The van der Waals surface area contributed by atoms with Crippen LogP contribution >= 0.6 is 0 Å². The monoisotopic (exact) mass is 681 g/mol. The third-order valence-electron chi connectivity index (χ3n) is 8.75. The van der Waals surface area contributed by atoms with E-state index in [4.69, 9.17) is 21.8 Å². The molecule has 0 bridgehead atoms. The zero-order valence-corrected chi connectivity index (χ0v) is 33.2. The van der Waals surface area contributed by atoms with Crippen LogP contribution in [-0.2, 0) is 21.8 Å². The molecule has 46 heavy (non-hydrogen) atoms. The molecule has 0 saturated heterocycles. The van der Waals surface area contributed by atoms with Gasteiger partial charge in [-0.05, 0) is 25.7 Å². The molecule has 0 amide bonds. The van der Waals surface area contributed by atoms with E-state index in [2.05, 4.69) is 64.6 Å². The van der Waals surface area contributed by atoms with Crippen LogP contribution in [0.1, 0.15) is 182 Å². The van der Waals surface area contributed by atoms with Crippen LogP contribution in [0.4, 0.5) is 0 Å². The van der Waals surface area contributed by atoms with Crippen LogP contribution in [0.3, 0.4) is 0 Å². The summed E-state index contributed by atoms with van der Waals surface area (Å²) in [5.41, 5.74) is 0. The van der Waals surface area contributed by atoms with E-state index in [0.29, 0.717) is 26.4 Å². The fourth-order valence-corrected chi connectivity index (χ4v) is 12.1. The van der Waals surface area contributed by atoms with Gasteiger partial charge in [-0.3, -0.25) is 0 Å². The van der Waals surface area contributed by atoms with Gasteiger partial charge < -0.3 is 21.8 Å². The Bertz CT molecular complexity index is 730. The molecular formula is C39H76O5Si2. The first kappa shape index (κ1) is 43.5. The maximum Gasteiger partial charge on any atom is 0.529 e. The average molecular weight is 681 g/mol. The van der Waals surface area contributed by atoms with Gasteiger partial charge in [-0.2, -0.15) is 0 Å². The lowest BCUT2D eigenvalue weighted by Crippen LogP contribution is -2.64. The lowest BCUT2D eigenvalue weighted by atomic mass is 10.1. The summed E-state index contributed by atoms with van der Waals surface area (Å²) in [4.78, 5) is 0. The molecule has 0 aromatic heterocycles. The Balaban J connectivity index is 3.09. The minimum Gasteiger partial charge on any atom is -0.374 e. The number of unbranched alkanes of at least 4 members (excludes halogenated alkanes) is 20. The zero-order valence-electron chi connectivity index (χ0n) is 31.2. The first-order valence-corrected chi connectivity index (χ1v) is 23.8. The summed E-state index contributed by atoms with van der Waals surface area (Å²) >= 11 is 0. The van der Waals surface area contributed by atoms with Gasteiger partial charge in [0, 0.05) is 38.2 Å². The summed E-state index contributed by atoms with van der Waals surface area (Å²) in [7, 11) is -6.40. The van der Waals surface area contributed by atoms with Crippen molar-refractivity contribution in [1.29, 1.82) is 0 Å². The topological polar surface area (TPSA) is 46.2 Å². The van der Waals surface area contributed by atoms with Gasteiger partial charge in [-0.15, -0.1) is 0 Å². The minimum atomic E-state index is -3.32. The molecule has 1 aromatic rings. The van der Waals surface area contributed by atoms with E-state index in [1.165, 1.54) is 128 Å². The third-order valence-corrected chi connectivity index (χ3v) is 15.0. The summed E-state index contributed by atoms with van der Waals surface area (Å²) in [5, 5.41) is 1.03. The van der Waals surface area contributed by atoms with Gasteiger partial charge in [0.15, 0.2) is 0 Å². The molecule has 0 aliphatic carbocycles. The molecule has 0 aliphatic heterocycles. The molecule has 0 spiro atoms. The number of hydrogen-bond donors (Lipinski definition) is 0. The van der Waals surface area contributed by atoms with Gasteiger partial charge in [-0.25, -0.2) is 0 Å². The largest absolute Gasteiger partial charge is 0.529 e. The predicted molar refractivity (Wildman–Crippen MR) is 202 cm³/mol. The Kier molecular flexibility index (Phi) is 28.8. The smallest absolute Gasteiger partial charge is 0.374 e. The van der Waals surface area contributed by atoms with Crippen molar-refractivity contribution in [3.8, 4) is 0 Å². The van der Waals surface area contributed by atoms with E-state index < -0.39 is 17.6 Å². The van der Waals surface area contributed by atoms with Crippen LogP contribution in [0, 0.1) is 0 Å². The Labute approximate surface area is 289 Å². The maximum atomic E-state index is 7.18. The average Bonchev–Trinajstić information content (AvgIpc) is 3.07. The first-order chi connectivity index (χ1) is 22.6. The van der Waals surface area contributed by atoms with Crippen LogP contribution in [-0.4, -0.2) is 44.0 Å². The molecule has 0 fully saturated rings. The van der Waals surface area contributed by atoms with Gasteiger partial charge in [0.1, 0.15) is 0 Å². The predicted octanol–water partition coefficient (Wildman–Crippen LogP) is 11.9. The van der Waals surface area contributed by atoms with Gasteiger partial charge in [0.2, 0.25) is 0 Å². The normalized spacial score (nSPS) is 12.3. The van der Waals surface area contributed by atoms with Crippen LogP contribution in [0.2, 0.25) is 6.55 Å². The van der Waals surface area contributed by atoms with E-state index in [9.17, 15) is 0 Å². The van der Waals surface area contributed by atoms with Crippen LogP contribution in [0.15, 0.2) is 30.3 Å². The fraction of sp³-hybridized carbons (Fsp3) is 0.846. The summed E-state index contributed by atoms with van der Waals surface area (Å²) in [5.74, 6) is 0.